The van der Waals surface area contributed by atoms with Crippen molar-refractivity contribution in [1.82, 2.24) is 4.73 Å². The van der Waals surface area contributed by atoms with E-state index in [2.05, 4.69) is 0 Å². The summed E-state index contributed by atoms with van der Waals surface area (Å²) < 4.78 is 1.03. The predicted molar refractivity (Wildman–Crippen MR) is 47.6 cm³/mol. The third kappa shape index (κ3) is 0.983. The van der Waals surface area contributed by atoms with Gasteiger partial charge in [-0.1, -0.05) is 12.2 Å². The number of hydrogen-bond acceptors (Lipinski definition) is 3. The smallest absolute Gasteiger partial charge is 0.236 e. The van der Waals surface area contributed by atoms with Gasteiger partial charge in [-0.3, -0.25) is 0 Å². The van der Waals surface area contributed by atoms with E-state index in [4.69, 9.17) is 4.84 Å². The summed E-state index contributed by atoms with van der Waals surface area (Å²) >= 11 is 0. The van der Waals surface area contributed by atoms with Gasteiger partial charge >= 0.3 is 0 Å². The van der Waals surface area contributed by atoms with E-state index in [-0.39, 0.29) is 11.8 Å². The van der Waals surface area contributed by atoms with Gasteiger partial charge in [-0.2, -0.15) is 0 Å². The largest absolute Gasteiger partial charge is 0.492 e. The zero-order valence-electron chi connectivity index (χ0n) is 7.32. The molecule has 1 aliphatic carbocycles. The molecule has 0 saturated heterocycles. The van der Waals surface area contributed by atoms with Crippen LogP contribution in [0.25, 0.3) is 6.08 Å². The van der Waals surface area contributed by atoms with Gasteiger partial charge < -0.3 is 15.1 Å². The lowest BCUT2D eigenvalue weighted by Crippen LogP contribution is -2.03. The zero-order chi connectivity index (χ0) is 9.42. The summed E-state index contributed by atoms with van der Waals surface area (Å²) in [5.74, 6) is -0.0368. The van der Waals surface area contributed by atoms with Crippen molar-refractivity contribution < 1.29 is 15.1 Å². The van der Waals surface area contributed by atoms with Gasteiger partial charge in [-0.15, -0.1) is 4.73 Å². The van der Waals surface area contributed by atoms with Crippen molar-refractivity contribution in [3.8, 4) is 11.8 Å². The van der Waals surface area contributed by atoms with Crippen molar-refractivity contribution in [3.63, 3.8) is 0 Å². The average Bonchev–Trinajstić information content (AvgIpc) is 2.41. The number of rotatable bonds is 1. The maximum absolute atomic E-state index is 9.60. The first-order valence-corrected chi connectivity index (χ1v) is 4.12. The number of nitrogens with zero attached hydrogens (tertiary/aromatic N) is 1. The lowest BCUT2D eigenvalue weighted by molar-refractivity contribution is 0.119. The van der Waals surface area contributed by atoms with E-state index in [1.807, 2.05) is 6.08 Å². The Balaban J connectivity index is 2.64. The van der Waals surface area contributed by atoms with Gasteiger partial charge in [0.2, 0.25) is 11.8 Å². The first-order chi connectivity index (χ1) is 6.25. The minimum absolute atomic E-state index is 0.000602. The molecule has 13 heavy (non-hydrogen) atoms. The lowest BCUT2D eigenvalue weighted by atomic mass is 10.0. The Bertz CT molecular complexity index is 365. The maximum atomic E-state index is 9.60. The first kappa shape index (κ1) is 8.04. The predicted octanol–water partition coefficient (Wildman–Crippen LogP) is 0.917. The van der Waals surface area contributed by atoms with Gasteiger partial charge in [0.15, 0.2) is 0 Å². The second-order valence-corrected chi connectivity index (χ2v) is 2.96. The van der Waals surface area contributed by atoms with Crippen molar-refractivity contribution in [2.75, 3.05) is 7.11 Å². The van der Waals surface area contributed by atoms with E-state index in [1.54, 1.807) is 6.08 Å². The fourth-order valence-corrected chi connectivity index (χ4v) is 1.61. The van der Waals surface area contributed by atoms with Crippen LogP contribution in [0.2, 0.25) is 0 Å². The molecule has 0 saturated carbocycles. The van der Waals surface area contributed by atoms with Gasteiger partial charge in [0.1, 0.15) is 7.11 Å². The van der Waals surface area contributed by atoms with Gasteiger partial charge in [0, 0.05) is 11.1 Å². The van der Waals surface area contributed by atoms with Gasteiger partial charge in [0.05, 0.1) is 0 Å². The normalized spacial score (nSPS) is 14.2. The van der Waals surface area contributed by atoms with Crippen LogP contribution in [0.15, 0.2) is 6.08 Å². The van der Waals surface area contributed by atoms with Crippen LogP contribution in [0.3, 0.4) is 0 Å². The molecule has 0 aliphatic heterocycles. The molecule has 1 aliphatic rings. The van der Waals surface area contributed by atoms with Crippen LogP contribution in [0.1, 0.15) is 17.5 Å². The molecule has 0 aromatic carbocycles. The third-order valence-electron chi connectivity index (χ3n) is 2.25. The summed E-state index contributed by atoms with van der Waals surface area (Å²) in [6, 6.07) is 0. The Morgan fingerprint density at radius 2 is 2.15 bits per heavy atom. The molecule has 2 N–H and O–H groups in total. The molecular weight excluding hydrogens is 170 g/mol. The second kappa shape index (κ2) is 2.73. The molecular formula is C9H11NO3. The van der Waals surface area contributed by atoms with Crippen LogP contribution < -0.4 is 4.84 Å². The Labute approximate surface area is 75.6 Å². The highest BCUT2D eigenvalue weighted by molar-refractivity contribution is 5.65. The molecule has 4 heteroatoms. The summed E-state index contributed by atoms with van der Waals surface area (Å²) in [7, 11) is 1.40. The molecule has 1 aromatic rings. The topological polar surface area (TPSA) is 54.6 Å². The minimum Gasteiger partial charge on any atom is -0.492 e. The number of allylic oxidation sites excluding steroid dienone is 1. The van der Waals surface area contributed by atoms with E-state index in [9.17, 15) is 10.2 Å². The molecule has 0 spiro atoms. The second-order valence-electron chi connectivity index (χ2n) is 2.96. The van der Waals surface area contributed by atoms with Crippen LogP contribution in [0, 0.1) is 0 Å². The van der Waals surface area contributed by atoms with Crippen molar-refractivity contribution in [2.24, 2.45) is 0 Å². The van der Waals surface area contributed by atoms with E-state index in [0.29, 0.717) is 5.56 Å². The molecule has 2 rings (SSSR count). The van der Waals surface area contributed by atoms with E-state index in [1.165, 1.54) is 7.11 Å². The number of hydrogen-bond donors (Lipinski definition) is 2. The molecule has 0 bridgehead atoms. The highest BCUT2D eigenvalue weighted by Gasteiger charge is 2.22. The number of fused-ring (bicyclic) bond motifs is 1. The van der Waals surface area contributed by atoms with Crippen molar-refractivity contribution >= 4 is 6.08 Å². The van der Waals surface area contributed by atoms with Crippen molar-refractivity contribution in [3.05, 3.63) is 17.2 Å². The summed E-state index contributed by atoms with van der Waals surface area (Å²) in [5, 5.41) is 19.2. The minimum atomic E-state index is -0.0362. The number of aromatic hydroxyl groups is 2. The summed E-state index contributed by atoms with van der Waals surface area (Å²) in [6.07, 6.45) is 5.38. The van der Waals surface area contributed by atoms with E-state index in [0.717, 1.165) is 23.1 Å². The third-order valence-corrected chi connectivity index (χ3v) is 2.25. The Hall–Kier alpha value is -1.58. The van der Waals surface area contributed by atoms with Gasteiger partial charge in [-0.05, 0) is 12.8 Å². The maximum Gasteiger partial charge on any atom is 0.236 e. The van der Waals surface area contributed by atoms with Crippen molar-refractivity contribution in [2.45, 2.75) is 12.8 Å². The summed E-state index contributed by atoms with van der Waals surface area (Å²) in [6.45, 7) is 0. The fraction of sp³-hybridized carbons (Fsp3) is 0.333. The molecule has 0 radical (unpaired) electrons. The molecule has 1 aromatic heterocycles. The number of aromatic nitrogens is 1. The molecule has 1 heterocycles. The highest BCUT2D eigenvalue weighted by Crippen LogP contribution is 2.36. The lowest BCUT2D eigenvalue weighted by Gasteiger charge is -2.03. The van der Waals surface area contributed by atoms with Crippen molar-refractivity contribution in [1.29, 1.82) is 0 Å². The van der Waals surface area contributed by atoms with Gasteiger partial charge in [-0.25, -0.2) is 0 Å². The Kier molecular flexibility index (Phi) is 1.69. The zero-order valence-corrected chi connectivity index (χ0v) is 7.32. The SMILES string of the molecule is COn1c(O)c2c(c1O)CCC=C2. The molecule has 4 nitrogen and oxygen atoms in total. The van der Waals surface area contributed by atoms with Crippen LogP contribution in [-0.2, 0) is 6.42 Å². The molecule has 0 fully saturated rings. The van der Waals surface area contributed by atoms with Gasteiger partial charge in [0.25, 0.3) is 0 Å². The Morgan fingerprint density at radius 1 is 1.38 bits per heavy atom. The molecule has 70 valence electrons. The molecule has 0 amide bonds. The monoisotopic (exact) mass is 181 g/mol. The first-order valence-electron chi connectivity index (χ1n) is 4.12. The fourth-order valence-electron chi connectivity index (χ4n) is 1.61. The summed E-state index contributed by atoms with van der Waals surface area (Å²) in [4.78, 5) is 4.81. The Morgan fingerprint density at radius 3 is 2.77 bits per heavy atom. The van der Waals surface area contributed by atoms with Crippen LogP contribution >= 0.6 is 0 Å². The van der Waals surface area contributed by atoms with E-state index >= 15 is 0 Å². The van der Waals surface area contributed by atoms with Crippen LogP contribution in [0.4, 0.5) is 0 Å². The van der Waals surface area contributed by atoms with Crippen LogP contribution in [0.5, 0.6) is 11.8 Å². The molecule has 0 atom stereocenters. The van der Waals surface area contributed by atoms with E-state index < -0.39 is 0 Å². The summed E-state index contributed by atoms with van der Waals surface area (Å²) in [5.41, 5.74) is 1.41. The quantitative estimate of drug-likeness (QED) is 0.677. The molecule has 0 unspecified atom stereocenters. The highest BCUT2D eigenvalue weighted by atomic mass is 16.7. The average molecular weight is 181 g/mol. The standard InChI is InChI=1S/C9H11NO3/c1-13-10-8(11)6-4-2-3-5-7(6)9(10)12/h2,4,11-12H,3,5H2,1H3. The van der Waals surface area contributed by atoms with Crippen LogP contribution in [-0.4, -0.2) is 22.1 Å².